The number of benzene rings is 1. The van der Waals surface area contributed by atoms with E-state index in [2.05, 4.69) is 14.7 Å². The second-order valence-electron chi connectivity index (χ2n) is 4.04. The summed E-state index contributed by atoms with van der Waals surface area (Å²) in [6, 6.07) is 6.50. The molecule has 6 heteroatoms. The molecule has 0 aliphatic heterocycles. The van der Waals surface area contributed by atoms with Crippen LogP contribution in [-0.2, 0) is 6.42 Å². The van der Waals surface area contributed by atoms with E-state index in [1.54, 1.807) is 24.4 Å². The molecule has 2 aromatic rings. The fourth-order valence-corrected chi connectivity index (χ4v) is 1.75. The Bertz CT molecular complexity index is 528. The Kier molecular flexibility index (Phi) is 4.46. The normalized spacial score (nSPS) is 10.9. The van der Waals surface area contributed by atoms with E-state index in [-0.39, 0.29) is 5.75 Å². The molecule has 1 aromatic carbocycles. The van der Waals surface area contributed by atoms with Gasteiger partial charge >= 0.3 is 6.61 Å². The molecular weight excluding hydrogens is 252 g/mol. The second-order valence-corrected chi connectivity index (χ2v) is 4.04. The average molecular weight is 267 g/mol. The van der Waals surface area contributed by atoms with Crippen LogP contribution in [0.25, 0.3) is 11.3 Å². The predicted molar refractivity (Wildman–Crippen MR) is 68.0 cm³/mol. The third-order valence-electron chi connectivity index (χ3n) is 2.62. The highest BCUT2D eigenvalue weighted by atomic mass is 19.3. The highest BCUT2D eigenvalue weighted by Crippen LogP contribution is 2.23. The monoisotopic (exact) mass is 267 g/mol. The quantitative estimate of drug-likeness (QED) is 0.845. The molecule has 0 fully saturated rings. The zero-order valence-corrected chi connectivity index (χ0v) is 10.3. The molecule has 0 radical (unpaired) electrons. The van der Waals surface area contributed by atoms with Crippen LogP contribution in [0.5, 0.6) is 5.75 Å². The number of nitrogens with one attached hydrogen (secondary N) is 1. The van der Waals surface area contributed by atoms with Crippen molar-refractivity contribution in [2.24, 2.45) is 5.73 Å². The summed E-state index contributed by atoms with van der Waals surface area (Å²) in [7, 11) is 0. The van der Waals surface area contributed by atoms with Gasteiger partial charge in [-0.25, -0.2) is 4.98 Å². The Morgan fingerprint density at radius 2 is 2.21 bits per heavy atom. The summed E-state index contributed by atoms with van der Waals surface area (Å²) < 4.78 is 28.7. The average Bonchev–Trinajstić information content (AvgIpc) is 2.84. The van der Waals surface area contributed by atoms with Gasteiger partial charge in [-0.2, -0.15) is 8.78 Å². The molecule has 2 rings (SSSR count). The van der Waals surface area contributed by atoms with Crippen LogP contribution in [0.2, 0.25) is 0 Å². The topological polar surface area (TPSA) is 63.9 Å². The van der Waals surface area contributed by atoms with Crippen molar-refractivity contribution in [3.63, 3.8) is 0 Å². The Morgan fingerprint density at radius 1 is 1.37 bits per heavy atom. The number of halogens is 2. The molecule has 0 atom stereocenters. The van der Waals surface area contributed by atoms with Crippen molar-refractivity contribution >= 4 is 0 Å². The molecule has 0 bridgehead atoms. The minimum absolute atomic E-state index is 0.130. The third-order valence-corrected chi connectivity index (χ3v) is 2.62. The van der Waals surface area contributed by atoms with Crippen molar-refractivity contribution in [1.29, 1.82) is 0 Å². The number of aromatic amines is 1. The Balaban J connectivity index is 2.14. The van der Waals surface area contributed by atoms with Crippen molar-refractivity contribution in [3.05, 3.63) is 36.3 Å². The number of rotatable bonds is 6. The van der Waals surface area contributed by atoms with Gasteiger partial charge in [0.1, 0.15) is 11.6 Å². The van der Waals surface area contributed by atoms with E-state index in [1.165, 1.54) is 6.07 Å². The number of H-pyrrole nitrogens is 1. The fourth-order valence-electron chi connectivity index (χ4n) is 1.75. The number of hydrogen-bond donors (Lipinski definition) is 2. The van der Waals surface area contributed by atoms with Crippen LogP contribution in [0.3, 0.4) is 0 Å². The SMILES string of the molecule is NCCCc1ncc(-c2cccc(OC(F)F)c2)[nH]1. The number of ether oxygens (including phenoxy) is 1. The lowest BCUT2D eigenvalue weighted by molar-refractivity contribution is -0.0498. The summed E-state index contributed by atoms with van der Waals surface area (Å²) in [6.07, 6.45) is 3.29. The van der Waals surface area contributed by atoms with Crippen molar-refractivity contribution in [1.82, 2.24) is 9.97 Å². The molecule has 0 spiro atoms. The molecule has 0 aliphatic carbocycles. The van der Waals surface area contributed by atoms with Gasteiger partial charge in [0.2, 0.25) is 0 Å². The summed E-state index contributed by atoms with van der Waals surface area (Å²) in [5.41, 5.74) is 6.96. The van der Waals surface area contributed by atoms with E-state index in [4.69, 9.17) is 5.73 Å². The Labute approximate surface area is 109 Å². The number of nitrogens with two attached hydrogens (primary N) is 1. The zero-order chi connectivity index (χ0) is 13.7. The zero-order valence-electron chi connectivity index (χ0n) is 10.3. The molecule has 0 saturated carbocycles. The molecule has 0 aliphatic rings. The van der Waals surface area contributed by atoms with Crippen LogP contribution in [0, 0.1) is 0 Å². The van der Waals surface area contributed by atoms with E-state index in [1.807, 2.05) is 0 Å². The van der Waals surface area contributed by atoms with Crippen LogP contribution in [0.15, 0.2) is 30.5 Å². The van der Waals surface area contributed by atoms with E-state index < -0.39 is 6.61 Å². The van der Waals surface area contributed by atoms with E-state index >= 15 is 0 Å². The minimum Gasteiger partial charge on any atom is -0.435 e. The predicted octanol–water partition coefficient (Wildman–Crippen LogP) is 2.57. The largest absolute Gasteiger partial charge is 0.435 e. The van der Waals surface area contributed by atoms with Gasteiger partial charge in [-0.15, -0.1) is 0 Å². The highest BCUT2D eigenvalue weighted by molar-refractivity contribution is 5.60. The van der Waals surface area contributed by atoms with Crippen molar-refractivity contribution < 1.29 is 13.5 Å². The van der Waals surface area contributed by atoms with E-state index in [0.29, 0.717) is 6.54 Å². The number of nitrogens with zero attached hydrogens (tertiary/aromatic N) is 1. The van der Waals surface area contributed by atoms with Gasteiger partial charge in [0, 0.05) is 12.0 Å². The Hall–Kier alpha value is -1.95. The first-order valence-corrected chi connectivity index (χ1v) is 5.98. The molecule has 1 aromatic heterocycles. The minimum atomic E-state index is -2.82. The molecule has 3 N–H and O–H groups in total. The lowest BCUT2D eigenvalue weighted by Crippen LogP contribution is -2.01. The number of alkyl halides is 2. The van der Waals surface area contributed by atoms with Crippen LogP contribution in [0.1, 0.15) is 12.2 Å². The lowest BCUT2D eigenvalue weighted by atomic mass is 10.1. The number of imidazole rings is 1. The first-order valence-electron chi connectivity index (χ1n) is 5.98. The van der Waals surface area contributed by atoms with Crippen molar-refractivity contribution in [2.45, 2.75) is 19.5 Å². The van der Waals surface area contributed by atoms with Gasteiger partial charge in [0.05, 0.1) is 11.9 Å². The van der Waals surface area contributed by atoms with Gasteiger partial charge in [-0.05, 0) is 25.1 Å². The maximum atomic E-state index is 12.1. The van der Waals surface area contributed by atoms with Crippen molar-refractivity contribution in [2.75, 3.05) is 6.54 Å². The number of aromatic nitrogens is 2. The highest BCUT2D eigenvalue weighted by Gasteiger charge is 2.07. The van der Waals surface area contributed by atoms with Gasteiger partial charge in [0.15, 0.2) is 0 Å². The van der Waals surface area contributed by atoms with E-state index in [9.17, 15) is 8.78 Å². The summed E-state index contributed by atoms with van der Waals surface area (Å²) in [5, 5.41) is 0. The first kappa shape index (κ1) is 13.5. The summed E-state index contributed by atoms with van der Waals surface area (Å²) >= 11 is 0. The molecule has 4 nitrogen and oxygen atoms in total. The first-order chi connectivity index (χ1) is 9.19. The second kappa shape index (κ2) is 6.29. The number of hydrogen-bond acceptors (Lipinski definition) is 3. The molecule has 102 valence electrons. The number of aryl methyl sites for hydroxylation is 1. The smallest absolute Gasteiger partial charge is 0.387 e. The van der Waals surface area contributed by atoms with Gasteiger partial charge in [0.25, 0.3) is 0 Å². The van der Waals surface area contributed by atoms with E-state index in [0.717, 1.165) is 29.9 Å². The summed E-state index contributed by atoms with van der Waals surface area (Å²) in [4.78, 5) is 7.36. The Morgan fingerprint density at radius 3 is 2.95 bits per heavy atom. The summed E-state index contributed by atoms with van der Waals surface area (Å²) in [5.74, 6) is 0.964. The molecule has 1 heterocycles. The van der Waals surface area contributed by atoms with Crippen molar-refractivity contribution in [3.8, 4) is 17.0 Å². The fraction of sp³-hybridized carbons (Fsp3) is 0.308. The maximum Gasteiger partial charge on any atom is 0.387 e. The van der Waals surface area contributed by atoms with Gasteiger partial charge < -0.3 is 15.5 Å². The molecule has 19 heavy (non-hydrogen) atoms. The van der Waals surface area contributed by atoms with Crippen LogP contribution >= 0.6 is 0 Å². The standard InChI is InChI=1S/C13H15F2N3O/c14-13(15)19-10-4-1-3-9(7-10)11-8-17-12(18-11)5-2-6-16/h1,3-4,7-8,13H,2,5-6,16H2,(H,17,18). The van der Waals surface area contributed by atoms with Crippen LogP contribution in [-0.4, -0.2) is 23.1 Å². The maximum absolute atomic E-state index is 12.1. The van der Waals surface area contributed by atoms with Crippen LogP contribution in [0.4, 0.5) is 8.78 Å². The lowest BCUT2D eigenvalue weighted by Gasteiger charge is -2.05. The van der Waals surface area contributed by atoms with Gasteiger partial charge in [-0.3, -0.25) is 0 Å². The molecule has 0 saturated heterocycles. The summed E-state index contributed by atoms with van der Waals surface area (Å²) in [6.45, 7) is -2.22. The third kappa shape index (κ3) is 3.75. The van der Waals surface area contributed by atoms with Crippen LogP contribution < -0.4 is 10.5 Å². The molecular formula is C13H15F2N3O. The van der Waals surface area contributed by atoms with Gasteiger partial charge in [-0.1, -0.05) is 12.1 Å². The molecule has 0 unspecified atom stereocenters. The molecule has 0 amide bonds.